The molecule has 0 aromatic rings. The van der Waals surface area contributed by atoms with Gasteiger partial charge in [0.15, 0.2) is 0 Å². The zero-order valence-corrected chi connectivity index (χ0v) is 10.6. The number of likely N-dealkylation sites (tertiary alicyclic amines) is 1. The van der Waals surface area contributed by atoms with Crippen LogP contribution in [0.25, 0.3) is 0 Å². The Kier molecular flexibility index (Phi) is 6.25. The minimum atomic E-state index is -0.364. The molecule has 6 nitrogen and oxygen atoms in total. The van der Waals surface area contributed by atoms with E-state index in [9.17, 15) is 4.79 Å². The van der Waals surface area contributed by atoms with Crippen molar-refractivity contribution in [1.82, 2.24) is 10.2 Å². The van der Waals surface area contributed by atoms with Gasteiger partial charge in [-0.15, -0.1) is 0 Å². The second-order valence-electron chi connectivity index (χ2n) is 4.19. The molecular weight excluding hydrogens is 222 g/mol. The number of nitrogens with zero attached hydrogens (tertiary/aromatic N) is 1. The van der Waals surface area contributed by atoms with Gasteiger partial charge in [0.2, 0.25) is 0 Å². The highest BCUT2D eigenvalue weighted by molar-refractivity contribution is 5.67. The molecule has 0 aromatic carbocycles. The van der Waals surface area contributed by atoms with Crippen molar-refractivity contribution >= 4 is 6.09 Å². The number of amides is 1. The predicted octanol–water partition coefficient (Wildman–Crippen LogP) is -0.219. The van der Waals surface area contributed by atoms with Gasteiger partial charge in [-0.25, -0.2) is 4.79 Å². The fourth-order valence-corrected chi connectivity index (χ4v) is 2.06. The zero-order valence-electron chi connectivity index (χ0n) is 10.6. The Labute approximate surface area is 102 Å². The summed E-state index contributed by atoms with van der Waals surface area (Å²) in [6.07, 6.45) is 0.660. The molecule has 17 heavy (non-hydrogen) atoms. The highest BCUT2D eigenvalue weighted by Gasteiger charge is 2.25. The summed E-state index contributed by atoms with van der Waals surface area (Å²) in [5.41, 5.74) is 5.63. The third kappa shape index (κ3) is 4.89. The van der Waals surface area contributed by atoms with Crippen molar-refractivity contribution in [3.63, 3.8) is 0 Å². The van der Waals surface area contributed by atoms with Crippen LogP contribution in [-0.2, 0) is 9.47 Å². The molecule has 2 atom stereocenters. The van der Waals surface area contributed by atoms with Crippen molar-refractivity contribution in [2.24, 2.45) is 5.73 Å². The quantitative estimate of drug-likeness (QED) is 0.676. The molecule has 3 N–H and O–H groups in total. The number of nitrogens with two attached hydrogens (primary N) is 1. The molecule has 1 rings (SSSR count). The van der Waals surface area contributed by atoms with Gasteiger partial charge >= 0.3 is 6.09 Å². The van der Waals surface area contributed by atoms with E-state index in [4.69, 9.17) is 10.5 Å². The van der Waals surface area contributed by atoms with Crippen LogP contribution in [0.4, 0.5) is 4.79 Å². The van der Waals surface area contributed by atoms with E-state index in [0.29, 0.717) is 13.2 Å². The molecule has 0 bridgehead atoms. The number of alkyl carbamates (subject to hydrolysis) is 1. The lowest BCUT2D eigenvalue weighted by Gasteiger charge is -2.22. The number of methoxy groups -OCH3 is 1. The molecule has 1 fully saturated rings. The fourth-order valence-electron chi connectivity index (χ4n) is 2.06. The van der Waals surface area contributed by atoms with E-state index in [0.717, 1.165) is 26.1 Å². The summed E-state index contributed by atoms with van der Waals surface area (Å²) in [6.45, 7) is 5.79. The number of hydrogen-bond donors (Lipinski definition) is 2. The first-order valence-corrected chi connectivity index (χ1v) is 6.08. The van der Waals surface area contributed by atoms with Crippen molar-refractivity contribution < 1.29 is 14.3 Å². The molecule has 1 heterocycles. The van der Waals surface area contributed by atoms with Crippen molar-refractivity contribution in [2.75, 3.05) is 39.9 Å². The van der Waals surface area contributed by atoms with Gasteiger partial charge in [-0.1, -0.05) is 0 Å². The van der Waals surface area contributed by atoms with Crippen LogP contribution >= 0.6 is 0 Å². The molecule has 1 amide bonds. The summed E-state index contributed by atoms with van der Waals surface area (Å²) in [6, 6.07) is 0.169. The number of carbonyl (C=O) groups excluding carboxylic acids is 1. The minimum Gasteiger partial charge on any atom is -0.453 e. The third-order valence-corrected chi connectivity index (χ3v) is 2.91. The highest BCUT2D eigenvalue weighted by Crippen LogP contribution is 2.10. The van der Waals surface area contributed by atoms with E-state index in [-0.39, 0.29) is 18.2 Å². The van der Waals surface area contributed by atoms with E-state index in [2.05, 4.69) is 15.0 Å². The average molecular weight is 245 g/mol. The molecule has 0 spiro atoms. The van der Waals surface area contributed by atoms with Crippen molar-refractivity contribution in [2.45, 2.75) is 25.5 Å². The second-order valence-corrected chi connectivity index (χ2v) is 4.19. The van der Waals surface area contributed by atoms with Crippen LogP contribution in [0.15, 0.2) is 0 Å². The van der Waals surface area contributed by atoms with E-state index in [1.165, 1.54) is 7.11 Å². The first-order valence-electron chi connectivity index (χ1n) is 6.08. The Morgan fingerprint density at radius 2 is 2.41 bits per heavy atom. The summed E-state index contributed by atoms with van der Waals surface area (Å²) in [7, 11) is 1.38. The molecule has 0 saturated carbocycles. The van der Waals surface area contributed by atoms with Crippen LogP contribution in [0.5, 0.6) is 0 Å². The second kappa shape index (κ2) is 7.47. The molecule has 1 aliphatic heterocycles. The number of ether oxygens (including phenoxy) is 2. The Balaban J connectivity index is 2.27. The van der Waals surface area contributed by atoms with Crippen LogP contribution in [-0.4, -0.2) is 63.0 Å². The van der Waals surface area contributed by atoms with Gasteiger partial charge in [0, 0.05) is 38.8 Å². The third-order valence-electron chi connectivity index (χ3n) is 2.91. The zero-order chi connectivity index (χ0) is 12.7. The van der Waals surface area contributed by atoms with Crippen molar-refractivity contribution in [3.05, 3.63) is 0 Å². The topological polar surface area (TPSA) is 76.8 Å². The molecule has 1 saturated heterocycles. The summed E-state index contributed by atoms with van der Waals surface area (Å²) in [4.78, 5) is 13.3. The molecule has 6 heteroatoms. The largest absolute Gasteiger partial charge is 0.453 e. The maximum absolute atomic E-state index is 11.1. The summed E-state index contributed by atoms with van der Waals surface area (Å²) < 4.78 is 10.1. The lowest BCUT2D eigenvalue weighted by atomic mass is 10.3. The number of hydrogen-bond acceptors (Lipinski definition) is 5. The lowest BCUT2D eigenvalue weighted by Crippen LogP contribution is -2.40. The Bertz CT molecular complexity index is 238. The van der Waals surface area contributed by atoms with Crippen LogP contribution in [0.1, 0.15) is 13.3 Å². The van der Waals surface area contributed by atoms with Crippen molar-refractivity contribution in [1.29, 1.82) is 0 Å². The monoisotopic (exact) mass is 245 g/mol. The minimum absolute atomic E-state index is 0.0804. The van der Waals surface area contributed by atoms with Crippen LogP contribution in [0.3, 0.4) is 0 Å². The van der Waals surface area contributed by atoms with Gasteiger partial charge < -0.3 is 20.5 Å². The summed E-state index contributed by atoms with van der Waals surface area (Å²) in [5, 5.41) is 2.81. The molecule has 1 aliphatic rings. The van der Waals surface area contributed by atoms with Gasteiger partial charge in [-0.2, -0.15) is 0 Å². The van der Waals surface area contributed by atoms with Gasteiger partial charge in [0.05, 0.1) is 13.2 Å². The Hall–Kier alpha value is -0.850. The average Bonchev–Trinajstić information content (AvgIpc) is 2.75. The van der Waals surface area contributed by atoms with E-state index in [1.54, 1.807) is 0 Å². The van der Waals surface area contributed by atoms with Gasteiger partial charge in [-0.3, -0.25) is 4.90 Å². The standard InChI is InChI=1S/C11H23N3O3/c1-3-17-10(6-12)8-14-5-4-9(7-14)13-11(15)16-2/h9-10H,3-8,12H2,1-2H3,(H,13,15). The SMILES string of the molecule is CCOC(CN)CN1CCC(NC(=O)OC)C1. The number of rotatable bonds is 6. The molecule has 0 aliphatic carbocycles. The predicted molar refractivity (Wildman–Crippen MR) is 64.9 cm³/mol. The molecule has 2 unspecified atom stereocenters. The summed E-state index contributed by atoms with van der Waals surface area (Å²) in [5.74, 6) is 0. The smallest absolute Gasteiger partial charge is 0.407 e. The van der Waals surface area contributed by atoms with Gasteiger partial charge in [-0.05, 0) is 13.3 Å². The van der Waals surface area contributed by atoms with E-state index >= 15 is 0 Å². The summed E-state index contributed by atoms with van der Waals surface area (Å²) >= 11 is 0. The van der Waals surface area contributed by atoms with Crippen LogP contribution < -0.4 is 11.1 Å². The molecular formula is C11H23N3O3. The normalized spacial score (nSPS) is 22.4. The number of carbonyl (C=O) groups is 1. The molecule has 0 radical (unpaired) electrons. The molecule has 100 valence electrons. The van der Waals surface area contributed by atoms with Gasteiger partial charge in [0.1, 0.15) is 0 Å². The Morgan fingerprint density at radius 3 is 3.00 bits per heavy atom. The van der Waals surface area contributed by atoms with Crippen molar-refractivity contribution in [3.8, 4) is 0 Å². The van der Waals surface area contributed by atoms with E-state index in [1.807, 2.05) is 6.92 Å². The maximum atomic E-state index is 11.1. The number of nitrogens with one attached hydrogen (secondary N) is 1. The molecule has 0 aromatic heterocycles. The van der Waals surface area contributed by atoms with Gasteiger partial charge in [0.25, 0.3) is 0 Å². The van der Waals surface area contributed by atoms with Crippen LogP contribution in [0, 0.1) is 0 Å². The first-order chi connectivity index (χ1) is 8.19. The highest BCUT2D eigenvalue weighted by atomic mass is 16.5. The first kappa shape index (κ1) is 14.2. The fraction of sp³-hybridized carbons (Fsp3) is 0.909. The van der Waals surface area contributed by atoms with E-state index < -0.39 is 0 Å². The Morgan fingerprint density at radius 1 is 1.65 bits per heavy atom. The van der Waals surface area contributed by atoms with Crippen LogP contribution in [0.2, 0.25) is 0 Å². The maximum Gasteiger partial charge on any atom is 0.407 e. The lowest BCUT2D eigenvalue weighted by molar-refractivity contribution is 0.0443.